The topological polar surface area (TPSA) is 169 Å². The van der Waals surface area contributed by atoms with Gasteiger partial charge in [0.2, 0.25) is 0 Å². The van der Waals surface area contributed by atoms with Gasteiger partial charge in [0.15, 0.2) is 5.82 Å². The first-order valence-electron chi connectivity index (χ1n) is 10.3. The van der Waals surface area contributed by atoms with Crippen LogP contribution in [0.3, 0.4) is 0 Å². The number of aromatic nitrogens is 5. The average Bonchev–Trinajstić information content (AvgIpc) is 3.50. The minimum atomic E-state index is -1.54. The Morgan fingerprint density at radius 2 is 1.94 bits per heavy atom. The third-order valence-electron chi connectivity index (χ3n) is 5.09. The number of hydrogen-bond acceptors (Lipinski definition) is 8. The van der Waals surface area contributed by atoms with Gasteiger partial charge in [0.05, 0.1) is 22.9 Å². The number of hydrogen-bond donors (Lipinski definition) is 6. The van der Waals surface area contributed by atoms with Gasteiger partial charge in [-0.05, 0) is 42.6 Å². The highest BCUT2D eigenvalue weighted by atomic mass is 32.2. The SMILES string of the molecule is N/C=C\C(=C/N)N[S+]([O-])c1cc2ccc(-c3nccc(Nc4ccc5[nH]ncc5c4)n3)cc2[nH]1. The van der Waals surface area contributed by atoms with E-state index in [1.165, 1.54) is 18.5 Å². The van der Waals surface area contributed by atoms with Crippen LogP contribution in [0.25, 0.3) is 33.2 Å². The quantitative estimate of drug-likeness (QED) is 0.155. The minimum Gasteiger partial charge on any atom is -0.587 e. The van der Waals surface area contributed by atoms with Crippen LogP contribution in [0.5, 0.6) is 0 Å². The van der Waals surface area contributed by atoms with E-state index in [2.05, 4.69) is 35.2 Å². The third kappa shape index (κ3) is 4.37. The van der Waals surface area contributed by atoms with Crippen molar-refractivity contribution in [2.24, 2.45) is 11.5 Å². The molecule has 11 heteroatoms. The molecule has 0 bridgehead atoms. The molecular formula is C23H21N9OS. The molecule has 0 spiro atoms. The largest absolute Gasteiger partial charge is 0.587 e. The molecule has 3 heterocycles. The van der Waals surface area contributed by atoms with Gasteiger partial charge < -0.3 is 26.3 Å². The molecule has 1 unspecified atom stereocenters. The summed E-state index contributed by atoms with van der Waals surface area (Å²) in [5, 5.41) is 12.7. The monoisotopic (exact) mass is 471 g/mol. The standard InChI is InChI=1S/C23H21N9OS/c24-7-5-18(12-25)32-34(33)22-11-14-1-2-15(10-20(14)29-22)23-26-8-6-21(30-23)28-17-3-4-19-16(9-17)13-27-31-19/h1-13,29,32H,24-25H2,(H,27,31)(H,26,28,30)/b7-5-,18-12+. The van der Waals surface area contributed by atoms with Crippen molar-refractivity contribution in [2.45, 2.75) is 5.03 Å². The van der Waals surface area contributed by atoms with Gasteiger partial charge in [-0.3, -0.25) is 5.10 Å². The smallest absolute Gasteiger partial charge is 0.250 e. The summed E-state index contributed by atoms with van der Waals surface area (Å²) in [6, 6.07) is 15.3. The molecule has 1 atom stereocenters. The van der Waals surface area contributed by atoms with Crippen molar-refractivity contribution in [1.82, 2.24) is 29.9 Å². The summed E-state index contributed by atoms with van der Waals surface area (Å²) in [5.41, 5.74) is 14.8. The lowest BCUT2D eigenvalue weighted by Crippen LogP contribution is -2.23. The highest BCUT2D eigenvalue weighted by Crippen LogP contribution is 2.26. The second-order valence-electron chi connectivity index (χ2n) is 7.35. The van der Waals surface area contributed by atoms with Crippen molar-refractivity contribution in [3.8, 4) is 11.4 Å². The van der Waals surface area contributed by atoms with E-state index in [0.717, 1.165) is 33.1 Å². The molecule has 0 aliphatic heterocycles. The molecule has 2 aromatic carbocycles. The fraction of sp³-hybridized carbons (Fsp3) is 0. The van der Waals surface area contributed by atoms with Gasteiger partial charge in [0.25, 0.3) is 5.03 Å². The van der Waals surface area contributed by atoms with E-state index >= 15 is 0 Å². The maximum Gasteiger partial charge on any atom is 0.250 e. The fourth-order valence-corrected chi connectivity index (χ4v) is 4.36. The summed E-state index contributed by atoms with van der Waals surface area (Å²) in [6.45, 7) is 0. The molecule has 0 amide bonds. The van der Waals surface area contributed by atoms with E-state index in [1.807, 2.05) is 48.5 Å². The van der Waals surface area contributed by atoms with Crippen LogP contribution in [0.1, 0.15) is 0 Å². The molecule has 5 rings (SSSR count). The van der Waals surface area contributed by atoms with Crippen molar-refractivity contribution in [3.05, 3.63) is 85.1 Å². The van der Waals surface area contributed by atoms with Crippen LogP contribution in [0.4, 0.5) is 11.5 Å². The summed E-state index contributed by atoms with van der Waals surface area (Å²) in [4.78, 5) is 12.3. The van der Waals surface area contributed by atoms with Gasteiger partial charge in [-0.2, -0.15) is 5.10 Å². The Morgan fingerprint density at radius 3 is 2.79 bits per heavy atom. The van der Waals surface area contributed by atoms with Gasteiger partial charge >= 0.3 is 0 Å². The van der Waals surface area contributed by atoms with Gasteiger partial charge in [0, 0.05) is 40.5 Å². The summed E-state index contributed by atoms with van der Waals surface area (Å²) in [6.07, 6.45) is 7.63. The number of rotatable bonds is 7. The molecule has 0 aliphatic rings. The molecule has 34 heavy (non-hydrogen) atoms. The molecule has 0 aliphatic carbocycles. The van der Waals surface area contributed by atoms with E-state index in [1.54, 1.807) is 12.4 Å². The maximum absolute atomic E-state index is 12.7. The molecule has 0 radical (unpaired) electrons. The van der Waals surface area contributed by atoms with E-state index in [-0.39, 0.29) is 0 Å². The van der Waals surface area contributed by atoms with Gasteiger partial charge in [-0.1, -0.05) is 12.1 Å². The Balaban J connectivity index is 1.38. The minimum absolute atomic E-state index is 0.449. The van der Waals surface area contributed by atoms with Crippen LogP contribution >= 0.6 is 0 Å². The van der Waals surface area contributed by atoms with Crippen LogP contribution in [0, 0.1) is 0 Å². The molecule has 10 nitrogen and oxygen atoms in total. The highest BCUT2D eigenvalue weighted by Gasteiger charge is 2.16. The molecule has 0 fully saturated rings. The number of nitrogens with zero attached hydrogens (tertiary/aromatic N) is 3. The number of fused-ring (bicyclic) bond motifs is 2. The lowest BCUT2D eigenvalue weighted by Gasteiger charge is -2.09. The first-order valence-corrected chi connectivity index (χ1v) is 11.4. The zero-order valence-corrected chi connectivity index (χ0v) is 18.6. The zero-order chi connectivity index (χ0) is 23.5. The van der Waals surface area contributed by atoms with Crippen molar-refractivity contribution < 1.29 is 4.55 Å². The van der Waals surface area contributed by atoms with Gasteiger partial charge in [-0.25, -0.2) is 14.7 Å². The highest BCUT2D eigenvalue weighted by molar-refractivity contribution is 7.89. The Morgan fingerprint density at radius 1 is 1.03 bits per heavy atom. The fourth-order valence-electron chi connectivity index (χ4n) is 3.46. The normalized spacial score (nSPS) is 13.0. The lowest BCUT2D eigenvalue weighted by molar-refractivity contribution is 0.585. The molecule has 3 aromatic heterocycles. The molecule has 8 N–H and O–H groups in total. The van der Waals surface area contributed by atoms with Crippen LogP contribution < -0.4 is 21.5 Å². The number of allylic oxidation sites excluding steroid dienone is 1. The summed E-state index contributed by atoms with van der Waals surface area (Å²) in [7, 11) is 0. The first kappa shape index (κ1) is 21.4. The van der Waals surface area contributed by atoms with Crippen LogP contribution in [-0.4, -0.2) is 29.7 Å². The number of H-pyrrole nitrogens is 2. The van der Waals surface area contributed by atoms with Gasteiger partial charge in [-0.15, -0.1) is 0 Å². The molecule has 5 aromatic rings. The Labute approximate surface area is 197 Å². The maximum atomic E-state index is 12.7. The van der Waals surface area contributed by atoms with E-state index in [9.17, 15) is 4.55 Å². The number of aromatic amines is 2. The molecule has 170 valence electrons. The number of anilines is 2. The lowest BCUT2D eigenvalue weighted by atomic mass is 10.1. The number of nitrogens with two attached hydrogens (primary N) is 2. The number of nitrogens with one attached hydrogen (secondary N) is 4. The average molecular weight is 472 g/mol. The summed E-state index contributed by atoms with van der Waals surface area (Å²) >= 11 is -1.54. The second kappa shape index (κ2) is 9.17. The summed E-state index contributed by atoms with van der Waals surface area (Å²) in [5.74, 6) is 1.23. The van der Waals surface area contributed by atoms with Crippen LogP contribution in [0.2, 0.25) is 0 Å². The molecule has 0 saturated carbocycles. The van der Waals surface area contributed by atoms with Crippen molar-refractivity contribution >= 4 is 44.7 Å². The summed E-state index contributed by atoms with van der Waals surface area (Å²) < 4.78 is 15.5. The van der Waals surface area contributed by atoms with Crippen molar-refractivity contribution in [3.63, 3.8) is 0 Å². The predicted octanol–water partition coefficient (Wildman–Crippen LogP) is 3.13. The first-order chi connectivity index (χ1) is 16.6. The number of benzene rings is 2. The second-order valence-corrected chi connectivity index (χ2v) is 8.53. The van der Waals surface area contributed by atoms with E-state index in [4.69, 9.17) is 11.5 Å². The molecule has 0 saturated heterocycles. The van der Waals surface area contributed by atoms with E-state index < -0.39 is 11.4 Å². The van der Waals surface area contributed by atoms with E-state index in [0.29, 0.717) is 22.4 Å². The Hall–Kier alpha value is -4.48. The van der Waals surface area contributed by atoms with Crippen LogP contribution in [0.15, 0.2) is 90.1 Å². The zero-order valence-electron chi connectivity index (χ0n) is 17.8. The Kier molecular flexibility index (Phi) is 5.77. The predicted molar refractivity (Wildman–Crippen MR) is 134 cm³/mol. The van der Waals surface area contributed by atoms with Gasteiger partial charge in [0.1, 0.15) is 17.2 Å². The van der Waals surface area contributed by atoms with Crippen molar-refractivity contribution in [2.75, 3.05) is 5.32 Å². The molecular weight excluding hydrogens is 450 g/mol. The third-order valence-corrected chi connectivity index (χ3v) is 6.13. The Bertz CT molecular complexity index is 1520. The van der Waals surface area contributed by atoms with Crippen LogP contribution in [-0.2, 0) is 11.4 Å². The van der Waals surface area contributed by atoms with Crippen molar-refractivity contribution in [1.29, 1.82) is 0 Å².